The number of amides is 1. The molecule has 0 N–H and O–H groups in total. The third kappa shape index (κ3) is 4.66. The minimum Gasteiger partial charge on any atom is -0.463 e. The number of carbonyl (C=O) groups excluding carboxylic acids is 1. The number of carbonyl (C=O) groups is 1. The lowest BCUT2D eigenvalue weighted by Gasteiger charge is -2.26. The largest absolute Gasteiger partial charge is 0.463 e. The molecule has 30 heavy (non-hydrogen) atoms. The second-order valence-corrected chi connectivity index (χ2v) is 7.80. The number of hydrogen-bond acceptors (Lipinski definition) is 3. The standard InChI is InChI=1S/C25H26N2O2.ClH/c1-18(19-7-5-4-6-8-19)20-9-11-21(12-10-20)25(28)27-14-13-22-15-23(16-26(2)3)29-24(22)17-27;/h4-12,15H,1,13-14,16-17H2,2-3H3;1H. The molecule has 0 saturated heterocycles. The molecule has 5 heteroatoms. The van der Waals surface area contributed by atoms with Crippen molar-refractivity contribution in [3.63, 3.8) is 0 Å². The van der Waals surface area contributed by atoms with Gasteiger partial charge in [-0.1, -0.05) is 49.0 Å². The monoisotopic (exact) mass is 422 g/mol. The van der Waals surface area contributed by atoms with E-state index in [1.165, 1.54) is 5.56 Å². The van der Waals surface area contributed by atoms with Crippen LogP contribution in [0, 0.1) is 0 Å². The Morgan fingerprint density at radius 3 is 2.33 bits per heavy atom. The van der Waals surface area contributed by atoms with Gasteiger partial charge in [0.2, 0.25) is 0 Å². The Morgan fingerprint density at radius 1 is 1.03 bits per heavy atom. The Balaban J connectivity index is 0.00000256. The van der Waals surface area contributed by atoms with Gasteiger partial charge in [-0.3, -0.25) is 4.79 Å². The third-order valence-corrected chi connectivity index (χ3v) is 5.30. The molecule has 1 aliphatic rings. The summed E-state index contributed by atoms with van der Waals surface area (Å²) in [7, 11) is 4.04. The molecule has 2 aromatic carbocycles. The Morgan fingerprint density at radius 2 is 1.67 bits per heavy atom. The summed E-state index contributed by atoms with van der Waals surface area (Å²) in [5.41, 5.74) is 4.98. The van der Waals surface area contributed by atoms with Crippen LogP contribution in [0.15, 0.2) is 71.7 Å². The zero-order chi connectivity index (χ0) is 20.4. The Kier molecular flexibility index (Phi) is 6.80. The van der Waals surface area contributed by atoms with Gasteiger partial charge in [0.1, 0.15) is 11.5 Å². The SMILES string of the molecule is C=C(c1ccccc1)c1ccc(C(=O)N2CCc3cc(CN(C)C)oc3C2)cc1.Cl. The van der Waals surface area contributed by atoms with Gasteiger partial charge in [0, 0.05) is 12.1 Å². The van der Waals surface area contributed by atoms with E-state index in [1.807, 2.05) is 73.6 Å². The molecule has 4 nitrogen and oxygen atoms in total. The predicted octanol–water partition coefficient (Wildman–Crippen LogP) is 5.02. The Hall–Kier alpha value is -2.82. The zero-order valence-corrected chi connectivity index (χ0v) is 18.2. The smallest absolute Gasteiger partial charge is 0.254 e. The van der Waals surface area contributed by atoms with Crippen molar-refractivity contribution in [2.75, 3.05) is 20.6 Å². The molecular formula is C25H27ClN2O2. The molecule has 0 unspecified atom stereocenters. The summed E-state index contributed by atoms with van der Waals surface area (Å²) >= 11 is 0. The third-order valence-electron chi connectivity index (χ3n) is 5.30. The van der Waals surface area contributed by atoms with Crippen LogP contribution in [-0.2, 0) is 19.5 Å². The molecule has 1 aliphatic heterocycles. The number of halogens is 1. The second kappa shape index (κ2) is 9.33. The van der Waals surface area contributed by atoms with Crippen LogP contribution in [0.4, 0.5) is 0 Å². The van der Waals surface area contributed by atoms with Gasteiger partial charge in [-0.15, -0.1) is 12.4 Å². The van der Waals surface area contributed by atoms with E-state index < -0.39 is 0 Å². The maximum absolute atomic E-state index is 13.0. The fourth-order valence-electron chi connectivity index (χ4n) is 3.75. The maximum atomic E-state index is 13.0. The highest BCUT2D eigenvalue weighted by atomic mass is 35.5. The van der Waals surface area contributed by atoms with Crippen molar-refractivity contribution in [3.05, 3.63) is 101 Å². The number of furan rings is 1. The summed E-state index contributed by atoms with van der Waals surface area (Å²) in [6, 6.07) is 19.9. The normalized spacial score (nSPS) is 13.0. The van der Waals surface area contributed by atoms with Gasteiger partial charge in [0.15, 0.2) is 0 Å². The van der Waals surface area contributed by atoms with Crippen molar-refractivity contribution in [2.45, 2.75) is 19.5 Å². The molecular weight excluding hydrogens is 396 g/mol. The first kappa shape index (κ1) is 21.9. The van der Waals surface area contributed by atoms with Crippen molar-refractivity contribution in [3.8, 4) is 0 Å². The van der Waals surface area contributed by atoms with Gasteiger partial charge >= 0.3 is 0 Å². The summed E-state index contributed by atoms with van der Waals surface area (Å²) in [5, 5.41) is 0. The van der Waals surface area contributed by atoms with Crippen LogP contribution >= 0.6 is 12.4 Å². The molecule has 0 atom stereocenters. The summed E-state index contributed by atoms with van der Waals surface area (Å²) in [4.78, 5) is 16.9. The maximum Gasteiger partial charge on any atom is 0.254 e. The van der Waals surface area contributed by atoms with Crippen LogP contribution in [0.3, 0.4) is 0 Å². The van der Waals surface area contributed by atoms with Gasteiger partial charge in [-0.25, -0.2) is 0 Å². The lowest BCUT2D eigenvalue weighted by Crippen LogP contribution is -2.35. The number of nitrogens with zero attached hydrogens (tertiary/aromatic N) is 2. The molecule has 3 aromatic rings. The molecule has 0 saturated carbocycles. The van der Waals surface area contributed by atoms with E-state index in [9.17, 15) is 4.79 Å². The van der Waals surface area contributed by atoms with Crippen molar-refractivity contribution in [2.24, 2.45) is 0 Å². The summed E-state index contributed by atoms with van der Waals surface area (Å²) < 4.78 is 5.99. The van der Waals surface area contributed by atoms with Crippen LogP contribution in [0.5, 0.6) is 0 Å². The first-order chi connectivity index (χ1) is 14.0. The van der Waals surface area contributed by atoms with Crippen molar-refractivity contribution in [1.29, 1.82) is 0 Å². The zero-order valence-electron chi connectivity index (χ0n) is 17.4. The number of hydrogen-bond donors (Lipinski definition) is 0. The van der Waals surface area contributed by atoms with E-state index in [-0.39, 0.29) is 18.3 Å². The number of fused-ring (bicyclic) bond motifs is 1. The highest BCUT2D eigenvalue weighted by molar-refractivity contribution is 5.95. The molecule has 0 bridgehead atoms. The van der Waals surface area contributed by atoms with E-state index in [0.29, 0.717) is 18.7 Å². The van der Waals surface area contributed by atoms with Crippen LogP contribution in [0.2, 0.25) is 0 Å². The molecule has 1 amide bonds. The van der Waals surface area contributed by atoms with Gasteiger partial charge in [0.05, 0.1) is 13.1 Å². The van der Waals surface area contributed by atoms with E-state index in [1.54, 1.807) is 0 Å². The van der Waals surface area contributed by atoms with Crippen LogP contribution in [-0.4, -0.2) is 36.3 Å². The van der Waals surface area contributed by atoms with E-state index in [2.05, 4.69) is 17.5 Å². The van der Waals surface area contributed by atoms with Crippen LogP contribution in [0.1, 0.15) is 38.6 Å². The topological polar surface area (TPSA) is 36.7 Å². The lowest BCUT2D eigenvalue weighted by molar-refractivity contribution is 0.0718. The Bertz CT molecular complexity index is 1020. The highest BCUT2D eigenvalue weighted by Crippen LogP contribution is 2.26. The molecule has 0 radical (unpaired) electrons. The molecule has 0 aliphatic carbocycles. The molecule has 156 valence electrons. The van der Waals surface area contributed by atoms with Crippen LogP contribution < -0.4 is 0 Å². The van der Waals surface area contributed by atoms with E-state index in [0.717, 1.165) is 41.2 Å². The van der Waals surface area contributed by atoms with E-state index >= 15 is 0 Å². The fourth-order valence-corrected chi connectivity index (χ4v) is 3.75. The fraction of sp³-hybridized carbons (Fsp3) is 0.240. The average Bonchev–Trinajstić information content (AvgIpc) is 3.14. The minimum atomic E-state index is 0. The predicted molar refractivity (Wildman–Crippen MR) is 123 cm³/mol. The Labute approximate surface area is 184 Å². The molecule has 2 heterocycles. The summed E-state index contributed by atoms with van der Waals surface area (Å²) in [6.07, 6.45) is 0.834. The molecule has 0 fully saturated rings. The van der Waals surface area contributed by atoms with E-state index in [4.69, 9.17) is 4.42 Å². The average molecular weight is 423 g/mol. The van der Waals surface area contributed by atoms with Gasteiger partial charge < -0.3 is 14.2 Å². The van der Waals surface area contributed by atoms with Crippen LogP contribution in [0.25, 0.3) is 5.57 Å². The number of rotatable bonds is 5. The lowest BCUT2D eigenvalue weighted by atomic mass is 9.98. The summed E-state index contributed by atoms with van der Waals surface area (Å²) in [5.74, 6) is 1.91. The van der Waals surface area contributed by atoms with Crippen molar-refractivity contribution >= 4 is 23.9 Å². The van der Waals surface area contributed by atoms with Crippen molar-refractivity contribution < 1.29 is 9.21 Å². The minimum absolute atomic E-state index is 0. The van der Waals surface area contributed by atoms with Gasteiger partial charge in [-0.05, 0) is 61.0 Å². The van der Waals surface area contributed by atoms with Gasteiger partial charge in [-0.2, -0.15) is 0 Å². The first-order valence-corrected chi connectivity index (χ1v) is 9.90. The van der Waals surface area contributed by atoms with Gasteiger partial charge in [0.25, 0.3) is 5.91 Å². The molecule has 1 aromatic heterocycles. The highest BCUT2D eigenvalue weighted by Gasteiger charge is 2.25. The first-order valence-electron chi connectivity index (χ1n) is 9.90. The molecule has 0 spiro atoms. The summed E-state index contributed by atoms with van der Waals surface area (Å²) in [6.45, 7) is 6.21. The number of benzene rings is 2. The molecule has 4 rings (SSSR count). The quantitative estimate of drug-likeness (QED) is 0.579. The second-order valence-electron chi connectivity index (χ2n) is 7.80. The van der Waals surface area contributed by atoms with Crippen molar-refractivity contribution in [1.82, 2.24) is 9.80 Å².